The number of methoxy groups -OCH3 is 2. The SMILES string of the molecule is CCCN(Cc1nc2cc(Cl)ccc2c(=O)[nH]1)C(=O)c1cc(OC)c(C)c(OC)c1. The monoisotopic (exact) mass is 429 g/mol. The number of rotatable bonds is 7. The highest BCUT2D eigenvalue weighted by Crippen LogP contribution is 2.30. The van der Waals surface area contributed by atoms with Gasteiger partial charge in [0.25, 0.3) is 11.5 Å². The number of hydrogen-bond acceptors (Lipinski definition) is 5. The molecule has 0 spiro atoms. The second-order valence-electron chi connectivity index (χ2n) is 6.91. The van der Waals surface area contributed by atoms with E-state index in [4.69, 9.17) is 21.1 Å². The lowest BCUT2D eigenvalue weighted by atomic mass is 10.1. The van der Waals surface area contributed by atoms with Crippen LogP contribution in [0.5, 0.6) is 11.5 Å². The molecular formula is C22H24ClN3O4. The maximum absolute atomic E-state index is 13.3. The summed E-state index contributed by atoms with van der Waals surface area (Å²) in [4.78, 5) is 34.6. The predicted octanol–water partition coefficient (Wildman–Crippen LogP) is 3.95. The second-order valence-corrected chi connectivity index (χ2v) is 7.34. The van der Waals surface area contributed by atoms with Gasteiger partial charge in [-0.2, -0.15) is 0 Å². The molecule has 1 heterocycles. The van der Waals surface area contributed by atoms with Gasteiger partial charge in [0, 0.05) is 22.7 Å². The lowest BCUT2D eigenvalue weighted by Gasteiger charge is -2.23. The Hall–Kier alpha value is -3.06. The lowest BCUT2D eigenvalue weighted by Crippen LogP contribution is -2.33. The minimum absolute atomic E-state index is 0.156. The molecule has 158 valence electrons. The zero-order chi connectivity index (χ0) is 21.8. The van der Waals surface area contributed by atoms with Crippen LogP contribution in [0.2, 0.25) is 5.02 Å². The maximum atomic E-state index is 13.3. The second kappa shape index (κ2) is 9.17. The summed E-state index contributed by atoms with van der Waals surface area (Å²) in [6, 6.07) is 8.30. The number of aromatic amines is 1. The van der Waals surface area contributed by atoms with Gasteiger partial charge in [0.2, 0.25) is 0 Å². The van der Waals surface area contributed by atoms with Gasteiger partial charge < -0.3 is 19.4 Å². The van der Waals surface area contributed by atoms with Crippen molar-refractivity contribution in [3.63, 3.8) is 0 Å². The van der Waals surface area contributed by atoms with Gasteiger partial charge in [-0.05, 0) is 43.7 Å². The van der Waals surface area contributed by atoms with Crippen LogP contribution >= 0.6 is 11.6 Å². The van der Waals surface area contributed by atoms with E-state index in [1.807, 2.05) is 13.8 Å². The molecule has 0 atom stereocenters. The Bertz CT molecular complexity index is 1120. The summed E-state index contributed by atoms with van der Waals surface area (Å²) in [6.45, 7) is 4.50. The van der Waals surface area contributed by atoms with Crippen molar-refractivity contribution in [2.75, 3.05) is 20.8 Å². The van der Waals surface area contributed by atoms with Crippen LogP contribution in [0.15, 0.2) is 35.1 Å². The van der Waals surface area contributed by atoms with Crippen LogP contribution in [0.4, 0.5) is 0 Å². The average molecular weight is 430 g/mol. The number of H-pyrrole nitrogens is 1. The number of hydrogen-bond donors (Lipinski definition) is 1. The van der Waals surface area contributed by atoms with Crippen molar-refractivity contribution in [3.8, 4) is 11.5 Å². The van der Waals surface area contributed by atoms with Gasteiger partial charge in [-0.1, -0.05) is 18.5 Å². The van der Waals surface area contributed by atoms with E-state index in [-0.39, 0.29) is 18.0 Å². The van der Waals surface area contributed by atoms with Crippen molar-refractivity contribution < 1.29 is 14.3 Å². The topological polar surface area (TPSA) is 84.5 Å². The first kappa shape index (κ1) is 21.6. The molecule has 0 saturated heterocycles. The highest BCUT2D eigenvalue weighted by atomic mass is 35.5. The number of benzene rings is 2. The number of amides is 1. The minimum Gasteiger partial charge on any atom is -0.496 e. The first-order chi connectivity index (χ1) is 14.4. The van der Waals surface area contributed by atoms with E-state index in [1.54, 1.807) is 49.5 Å². The fourth-order valence-corrected chi connectivity index (χ4v) is 3.50. The lowest BCUT2D eigenvalue weighted by molar-refractivity contribution is 0.0738. The summed E-state index contributed by atoms with van der Waals surface area (Å²) in [7, 11) is 3.10. The van der Waals surface area contributed by atoms with Gasteiger partial charge in [0.15, 0.2) is 0 Å². The zero-order valence-electron chi connectivity index (χ0n) is 17.4. The molecule has 0 aliphatic heterocycles. The van der Waals surface area contributed by atoms with Crippen molar-refractivity contribution in [2.24, 2.45) is 0 Å². The number of ether oxygens (including phenoxy) is 2. The number of carbonyl (C=O) groups is 1. The normalized spacial score (nSPS) is 10.8. The third-order valence-electron chi connectivity index (χ3n) is 4.84. The van der Waals surface area contributed by atoms with Crippen molar-refractivity contribution in [2.45, 2.75) is 26.8 Å². The van der Waals surface area contributed by atoms with E-state index in [0.29, 0.717) is 45.4 Å². The Morgan fingerprint density at radius 1 is 1.17 bits per heavy atom. The average Bonchev–Trinajstić information content (AvgIpc) is 2.72. The quantitative estimate of drug-likeness (QED) is 0.614. The molecule has 8 heteroatoms. The summed E-state index contributed by atoms with van der Waals surface area (Å²) in [5.41, 5.74) is 1.47. The molecule has 1 aromatic heterocycles. The van der Waals surface area contributed by atoms with Crippen molar-refractivity contribution in [1.82, 2.24) is 14.9 Å². The largest absolute Gasteiger partial charge is 0.496 e. The Kier molecular flexibility index (Phi) is 6.62. The minimum atomic E-state index is -0.269. The number of fused-ring (bicyclic) bond motifs is 1. The van der Waals surface area contributed by atoms with Gasteiger partial charge in [-0.15, -0.1) is 0 Å². The summed E-state index contributed by atoms with van der Waals surface area (Å²) in [6.07, 6.45) is 0.746. The van der Waals surface area contributed by atoms with E-state index < -0.39 is 0 Å². The summed E-state index contributed by atoms with van der Waals surface area (Å²) in [5.74, 6) is 1.33. The molecule has 1 amide bonds. The third-order valence-corrected chi connectivity index (χ3v) is 5.07. The maximum Gasteiger partial charge on any atom is 0.258 e. The zero-order valence-corrected chi connectivity index (χ0v) is 18.2. The molecule has 0 bridgehead atoms. The van der Waals surface area contributed by atoms with E-state index in [1.165, 1.54) is 0 Å². The molecule has 3 aromatic rings. The standard InChI is InChI=1S/C22H24ClN3O4/c1-5-8-26(22(28)14-9-18(29-3)13(2)19(10-14)30-4)12-20-24-17-11-15(23)6-7-16(17)21(27)25-20/h6-7,9-11H,5,8,12H2,1-4H3,(H,24,25,27). The summed E-state index contributed by atoms with van der Waals surface area (Å²) in [5, 5.41) is 0.941. The Morgan fingerprint density at radius 2 is 1.83 bits per heavy atom. The first-order valence-electron chi connectivity index (χ1n) is 9.58. The fourth-order valence-electron chi connectivity index (χ4n) is 3.33. The molecule has 1 N–H and O–H groups in total. The van der Waals surface area contributed by atoms with Crippen molar-refractivity contribution in [1.29, 1.82) is 0 Å². The predicted molar refractivity (Wildman–Crippen MR) is 117 cm³/mol. The molecule has 0 saturated carbocycles. The molecule has 3 rings (SSSR count). The summed E-state index contributed by atoms with van der Waals surface area (Å²) < 4.78 is 10.8. The Morgan fingerprint density at radius 3 is 2.43 bits per heavy atom. The number of carbonyl (C=O) groups excluding carboxylic acids is 1. The molecule has 0 radical (unpaired) electrons. The van der Waals surface area contributed by atoms with E-state index >= 15 is 0 Å². The number of nitrogens with zero attached hydrogens (tertiary/aromatic N) is 2. The third kappa shape index (κ3) is 4.41. The first-order valence-corrected chi connectivity index (χ1v) is 9.96. The van der Waals surface area contributed by atoms with Crippen LogP contribution in [0, 0.1) is 6.92 Å². The van der Waals surface area contributed by atoms with E-state index in [9.17, 15) is 9.59 Å². The molecule has 0 aliphatic carbocycles. The number of halogens is 1. The van der Waals surface area contributed by atoms with Crippen LogP contribution < -0.4 is 15.0 Å². The molecule has 30 heavy (non-hydrogen) atoms. The van der Waals surface area contributed by atoms with Crippen LogP contribution in [0.25, 0.3) is 10.9 Å². The van der Waals surface area contributed by atoms with Crippen LogP contribution in [0.3, 0.4) is 0 Å². The molecular weight excluding hydrogens is 406 g/mol. The highest BCUT2D eigenvalue weighted by molar-refractivity contribution is 6.31. The van der Waals surface area contributed by atoms with Crippen LogP contribution in [-0.4, -0.2) is 41.5 Å². The van der Waals surface area contributed by atoms with Crippen molar-refractivity contribution >= 4 is 28.4 Å². The molecule has 0 fully saturated rings. The summed E-state index contributed by atoms with van der Waals surface area (Å²) >= 11 is 6.04. The van der Waals surface area contributed by atoms with Gasteiger partial charge in [-0.25, -0.2) is 4.98 Å². The molecule has 2 aromatic carbocycles. The molecule has 0 unspecified atom stereocenters. The van der Waals surface area contributed by atoms with E-state index in [0.717, 1.165) is 12.0 Å². The van der Waals surface area contributed by atoms with Gasteiger partial charge in [0.1, 0.15) is 17.3 Å². The van der Waals surface area contributed by atoms with Gasteiger partial charge in [-0.3, -0.25) is 9.59 Å². The molecule has 7 nitrogen and oxygen atoms in total. The number of aromatic nitrogens is 2. The highest BCUT2D eigenvalue weighted by Gasteiger charge is 2.20. The van der Waals surface area contributed by atoms with Crippen LogP contribution in [-0.2, 0) is 6.54 Å². The van der Waals surface area contributed by atoms with Gasteiger partial charge >= 0.3 is 0 Å². The van der Waals surface area contributed by atoms with Crippen LogP contribution in [0.1, 0.15) is 35.1 Å². The molecule has 0 aliphatic rings. The Labute approximate surface area is 179 Å². The number of nitrogens with one attached hydrogen (secondary N) is 1. The van der Waals surface area contributed by atoms with Gasteiger partial charge in [0.05, 0.1) is 31.7 Å². The van der Waals surface area contributed by atoms with E-state index in [2.05, 4.69) is 9.97 Å². The smallest absolute Gasteiger partial charge is 0.258 e. The van der Waals surface area contributed by atoms with Crippen molar-refractivity contribution in [3.05, 3.63) is 62.7 Å². The Balaban J connectivity index is 1.98. The fraction of sp³-hybridized carbons (Fsp3) is 0.318.